The van der Waals surface area contributed by atoms with E-state index in [0.717, 1.165) is 0 Å². The molecule has 5 nitrogen and oxygen atoms in total. The highest BCUT2D eigenvalue weighted by molar-refractivity contribution is 6.06. The Morgan fingerprint density at radius 3 is 2.37 bits per heavy atom. The highest BCUT2D eigenvalue weighted by Gasteiger charge is 2.16. The molecular weight excluding hydrogens is 349 g/mol. The van der Waals surface area contributed by atoms with Crippen molar-refractivity contribution in [1.82, 2.24) is 0 Å². The molecule has 0 saturated heterocycles. The second kappa shape index (κ2) is 8.05. The lowest BCUT2D eigenvalue weighted by Gasteiger charge is -2.07. The SMILES string of the molecule is O=C(/C=C\c1ccc(Oc2ccc(F)cc2)c([N+](=O)[O-])c1)c1ccccc1. The van der Waals surface area contributed by atoms with Gasteiger partial charge in [-0.25, -0.2) is 4.39 Å². The molecule has 0 bridgehead atoms. The van der Waals surface area contributed by atoms with Gasteiger partial charge in [0.1, 0.15) is 11.6 Å². The molecule has 3 aromatic carbocycles. The molecule has 0 amide bonds. The van der Waals surface area contributed by atoms with Gasteiger partial charge in [0.25, 0.3) is 0 Å². The summed E-state index contributed by atoms with van der Waals surface area (Å²) in [6.07, 6.45) is 2.86. The normalized spacial score (nSPS) is 10.7. The number of nitro groups is 1. The summed E-state index contributed by atoms with van der Waals surface area (Å²) >= 11 is 0. The van der Waals surface area contributed by atoms with Gasteiger partial charge in [-0.05, 0) is 42.0 Å². The average molecular weight is 363 g/mol. The van der Waals surface area contributed by atoms with Gasteiger partial charge >= 0.3 is 5.69 Å². The fraction of sp³-hybridized carbons (Fsp3) is 0. The maximum Gasteiger partial charge on any atom is 0.312 e. The smallest absolute Gasteiger partial charge is 0.312 e. The van der Waals surface area contributed by atoms with Crippen LogP contribution in [-0.4, -0.2) is 10.7 Å². The average Bonchev–Trinajstić information content (AvgIpc) is 2.69. The van der Waals surface area contributed by atoms with Crippen LogP contribution in [0.3, 0.4) is 0 Å². The molecule has 0 atom stereocenters. The number of benzene rings is 3. The zero-order valence-electron chi connectivity index (χ0n) is 14.0. The van der Waals surface area contributed by atoms with Crippen LogP contribution in [0.5, 0.6) is 11.5 Å². The Labute approximate surface area is 154 Å². The number of carbonyl (C=O) groups excluding carboxylic acids is 1. The van der Waals surface area contributed by atoms with Gasteiger partial charge in [-0.2, -0.15) is 0 Å². The summed E-state index contributed by atoms with van der Waals surface area (Å²) in [5.74, 6) is -0.328. The fourth-order valence-corrected chi connectivity index (χ4v) is 2.37. The van der Waals surface area contributed by atoms with Crippen molar-refractivity contribution in [3.05, 3.63) is 106 Å². The predicted octanol–water partition coefficient (Wildman–Crippen LogP) is 5.42. The van der Waals surface area contributed by atoms with Crippen LogP contribution < -0.4 is 4.74 Å². The maximum atomic E-state index is 13.0. The first-order valence-electron chi connectivity index (χ1n) is 8.02. The molecule has 0 aliphatic heterocycles. The van der Waals surface area contributed by atoms with E-state index in [1.54, 1.807) is 30.3 Å². The van der Waals surface area contributed by atoms with Gasteiger partial charge in [-0.3, -0.25) is 14.9 Å². The molecule has 0 aliphatic carbocycles. The Bertz CT molecular complexity index is 998. The molecule has 0 fully saturated rings. The van der Waals surface area contributed by atoms with Crippen LogP contribution in [0.25, 0.3) is 6.08 Å². The molecule has 0 spiro atoms. The van der Waals surface area contributed by atoms with E-state index in [2.05, 4.69) is 0 Å². The Hall–Kier alpha value is -3.80. The number of rotatable bonds is 6. The van der Waals surface area contributed by atoms with Gasteiger partial charge in [0, 0.05) is 11.6 Å². The van der Waals surface area contributed by atoms with Crippen molar-refractivity contribution in [2.75, 3.05) is 0 Å². The van der Waals surface area contributed by atoms with Gasteiger partial charge in [-0.15, -0.1) is 0 Å². The van der Waals surface area contributed by atoms with Crippen molar-refractivity contribution >= 4 is 17.5 Å². The molecule has 3 rings (SSSR count). The van der Waals surface area contributed by atoms with Crippen LogP contribution in [-0.2, 0) is 0 Å². The monoisotopic (exact) mass is 363 g/mol. The van der Waals surface area contributed by atoms with E-state index in [0.29, 0.717) is 11.1 Å². The first-order chi connectivity index (χ1) is 13.0. The van der Waals surface area contributed by atoms with E-state index >= 15 is 0 Å². The largest absolute Gasteiger partial charge is 0.450 e. The molecule has 6 heteroatoms. The number of nitrogens with zero attached hydrogens (tertiary/aromatic N) is 1. The first kappa shape index (κ1) is 18.0. The van der Waals surface area contributed by atoms with Crippen molar-refractivity contribution in [3.8, 4) is 11.5 Å². The second-order valence-corrected chi connectivity index (χ2v) is 5.60. The summed E-state index contributed by atoms with van der Waals surface area (Å²) < 4.78 is 18.4. The summed E-state index contributed by atoms with van der Waals surface area (Å²) in [5, 5.41) is 11.4. The number of halogens is 1. The number of hydrogen-bond acceptors (Lipinski definition) is 4. The zero-order valence-corrected chi connectivity index (χ0v) is 14.0. The van der Waals surface area contributed by atoms with Crippen LogP contribution in [0.2, 0.25) is 0 Å². The molecule has 134 valence electrons. The molecule has 0 aromatic heterocycles. The molecule has 0 unspecified atom stereocenters. The van der Waals surface area contributed by atoms with Crippen LogP contribution >= 0.6 is 0 Å². The van der Waals surface area contributed by atoms with Crippen molar-refractivity contribution in [3.63, 3.8) is 0 Å². The number of ether oxygens (including phenoxy) is 1. The minimum Gasteiger partial charge on any atom is -0.450 e. The molecular formula is C21H14FNO4. The number of ketones is 1. The maximum absolute atomic E-state index is 13.0. The Balaban J connectivity index is 1.83. The van der Waals surface area contributed by atoms with E-state index in [4.69, 9.17) is 4.74 Å². The van der Waals surface area contributed by atoms with E-state index < -0.39 is 10.7 Å². The summed E-state index contributed by atoms with van der Waals surface area (Å²) in [6, 6.07) is 18.2. The molecule has 0 aliphatic rings. The molecule has 27 heavy (non-hydrogen) atoms. The first-order valence-corrected chi connectivity index (χ1v) is 8.02. The third kappa shape index (κ3) is 4.64. The highest BCUT2D eigenvalue weighted by Crippen LogP contribution is 2.32. The van der Waals surface area contributed by atoms with Crippen molar-refractivity contribution in [2.24, 2.45) is 0 Å². The third-order valence-electron chi connectivity index (χ3n) is 3.71. The lowest BCUT2D eigenvalue weighted by Crippen LogP contribution is -1.95. The third-order valence-corrected chi connectivity index (χ3v) is 3.71. The lowest BCUT2D eigenvalue weighted by molar-refractivity contribution is -0.385. The van der Waals surface area contributed by atoms with E-state index in [1.165, 1.54) is 48.6 Å². The standard InChI is InChI=1S/C21H14FNO4/c22-17-8-10-18(11-9-17)27-21-13-7-15(14-19(21)23(25)26)6-12-20(24)16-4-2-1-3-5-16/h1-14H/b12-6-. The Morgan fingerprint density at radius 1 is 1.00 bits per heavy atom. The molecule has 0 saturated carbocycles. The van der Waals surface area contributed by atoms with Gasteiger partial charge in [0.05, 0.1) is 4.92 Å². The number of nitro benzene ring substituents is 1. The van der Waals surface area contributed by atoms with E-state index in [9.17, 15) is 19.3 Å². The predicted molar refractivity (Wildman–Crippen MR) is 99.4 cm³/mol. The van der Waals surface area contributed by atoms with Crippen LogP contribution in [0, 0.1) is 15.9 Å². The summed E-state index contributed by atoms with van der Waals surface area (Å²) in [5.41, 5.74) is 0.755. The lowest BCUT2D eigenvalue weighted by atomic mass is 10.1. The topological polar surface area (TPSA) is 69.4 Å². The molecule has 0 heterocycles. The fourth-order valence-electron chi connectivity index (χ4n) is 2.37. The Kier molecular flexibility index (Phi) is 5.37. The Morgan fingerprint density at radius 2 is 1.70 bits per heavy atom. The van der Waals surface area contributed by atoms with E-state index in [-0.39, 0.29) is 23.0 Å². The number of hydrogen-bond donors (Lipinski definition) is 0. The number of allylic oxidation sites excluding steroid dienone is 1. The highest BCUT2D eigenvalue weighted by atomic mass is 19.1. The van der Waals surface area contributed by atoms with Gasteiger partial charge in [-0.1, -0.05) is 42.5 Å². The van der Waals surface area contributed by atoms with Crippen LogP contribution in [0.1, 0.15) is 15.9 Å². The van der Waals surface area contributed by atoms with Gasteiger partial charge in [0.15, 0.2) is 5.78 Å². The van der Waals surface area contributed by atoms with Crippen molar-refractivity contribution in [2.45, 2.75) is 0 Å². The van der Waals surface area contributed by atoms with Crippen LogP contribution in [0.15, 0.2) is 78.9 Å². The van der Waals surface area contributed by atoms with Crippen molar-refractivity contribution in [1.29, 1.82) is 0 Å². The van der Waals surface area contributed by atoms with Gasteiger partial charge < -0.3 is 4.74 Å². The van der Waals surface area contributed by atoms with Gasteiger partial charge in [0.2, 0.25) is 5.75 Å². The number of carbonyl (C=O) groups is 1. The van der Waals surface area contributed by atoms with E-state index in [1.807, 2.05) is 6.07 Å². The molecule has 0 N–H and O–H groups in total. The van der Waals surface area contributed by atoms with Crippen LogP contribution in [0.4, 0.5) is 10.1 Å². The molecule has 3 aromatic rings. The summed E-state index contributed by atoms with van der Waals surface area (Å²) in [6.45, 7) is 0. The summed E-state index contributed by atoms with van der Waals surface area (Å²) in [7, 11) is 0. The zero-order chi connectivity index (χ0) is 19.2. The summed E-state index contributed by atoms with van der Waals surface area (Å²) in [4.78, 5) is 22.9. The minimum absolute atomic E-state index is 0.0261. The minimum atomic E-state index is -0.574. The quantitative estimate of drug-likeness (QED) is 0.254. The van der Waals surface area contributed by atoms with Crippen molar-refractivity contribution < 1.29 is 18.8 Å². The molecule has 0 radical (unpaired) electrons. The second-order valence-electron chi connectivity index (χ2n) is 5.60.